The van der Waals surface area contributed by atoms with Gasteiger partial charge >= 0.3 is 0 Å². The second-order valence-corrected chi connectivity index (χ2v) is 4.40. The highest BCUT2D eigenvalue weighted by atomic mass is 35.5. The second-order valence-electron chi connectivity index (χ2n) is 4.00. The number of tetrazole rings is 1. The molecule has 0 aliphatic rings. The second kappa shape index (κ2) is 6.29. The first-order chi connectivity index (χ1) is 9.20. The number of nitrogens with zero attached hydrogens (tertiary/aromatic N) is 4. The molecule has 1 N–H and O–H groups in total. The average molecular weight is 280 g/mol. The third kappa shape index (κ3) is 3.51. The predicted molar refractivity (Wildman–Crippen MR) is 72.1 cm³/mol. The van der Waals surface area contributed by atoms with Crippen LogP contribution >= 0.6 is 11.6 Å². The molecule has 0 aliphatic carbocycles. The zero-order chi connectivity index (χ0) is 13.7. The normalized spacial score (nSPS) is 10.4. The van der Waals surface area contributed by atoms with Gasteiger partial charge in [-0.25, -0.2) is 0 Å². The zero-order valence-electron chi connectivity index (χ0n) is 10.5. The first-order valence-corrected chi connectivity index (χ1v) is 6.42. The lowest BCUT2D eigenvalue weighted by Gasteiger charge is -2.02. The van der Waals surface area contributed by atoms with Crippen LogP contribution in [0.2, 0.25) is 5.02 Å². The Hall–Kier alpha value is -1.95. The number of carbonyl (C=O) groups is 1. The van der Waals surface area contributed by atoms with Crippen molar-refractivity contribution in [1.82, 2.24) is 20.2 Å². The van der Waals surface area contributed by atoms with Gasteiger partial charge in [0.1, 0.15) is 0 Å². The van der Waals surface area contributed by atoms with Gasteiger partial charge in [0.2, 0.25) is 0 Å². The van der Waals surface area contributed by atoms with Crippen molar-refractivity contribution in [3.8, 4) is 0 Å². The van der Waals surface area contributed by atoms with Gasteiger partial charge in [-0.2, -0.15) is 4.80 Å². The molecule has 2 aromatic rings. The average Bonchev–Trinajstić information content (AvgIpc) is 2.84. The van der Waals surface area contributed by atoms with Crippen LogP contribution in [0.4, 0.5) is 5.95 Å². The Kier molecular flexibility index (Phi) is 4.46. The molecule has 0 aliphatic heterocycles. The standard InChI is InChI=1S/C12H14ClN5O/c1-2-3-8-18-16-12(15-17-18)14-11(19)9-6-4-5-7-10(9)13/h4-7H,2-3,8H2,1H3,(H,14,16,19). The third-order valence-corrected chi connectivity index (χ3v) is 2.84. The lowest BCUT2D eigenvalue weighted by molar-refractivity contribution is 0.102. The van der Waals surface area contributed by atoms with Crippen LogP contribution in [0.25, 0.3) is 0 Å². The molecule has 2 rings (SSSR count). The number of hydrogen-bond donors (Lipinski definition) is 1. The van der Waals surface area contributed by atoms with Gasteiger partial charge in [-0.15, -0.1) is 5.10 Å². The summed E-state index contributed by atoms with van der Waals surface area (Å²) in [4.78, 5) is 13.4. The molecule has 0 atom stereocenters. The first-order valence-electron chi connectivity index (χ1n) is 6.04. The Bertz CT molecular complexity index is 569. The van der Waals surface area contributed by atoms with E-state index >= 15 is 0 Å². The Morgan fingerprint density at radius 3 is 2.95 bits per heavy atom. The van der Waals surface area contributed by atoms with Crippen molar-refractivity contribution in [2.45, 2.75) is 26.3 Å². The summed E-state index contributed by atoms with van der Waals surface area (Å²) in [6, 6.07) is 6.80. The number of hydrogen-bond acceptors (Lipinski definition) is 4. The highest BCUT2D eigenvalue weighted by Gasteiger charge is 2.12. The predicted octanol–water partition coefficient (Wildman–Crippen LogP) is 2.38. The third-order valence-electron chi connectivity index (χ3n) is 2.51. The zero-order valence-corrected chi connectivity index (χ0v) is 11.3. The number of anilines is 1. The SMILES string of the molecule is CCCCn1nnc(NC(=O)c2ccccc2Cl)n1. The summed E-state index contributed by atoms with van der Waals surface area (Å²) in [5, 5.41) is 14.6. The molecule has 0 saturated carbocycles. The van der Waals surface area contributed by atoms with E-state index in [1.165, 1.54) is 4.80 Å². The fraction of sp³-hybridized carbons (Fsp3) is 0.333. The molecule has 1 aromatic heterocycles. The van der Waals surface area contributed by atoms with E-state index in [1.807, 2.05) is 0 Å². The van der Waals surface area contributed by atoms with E-state index in [9.17, 15) is 4.79 Å². The van der Waals surface area contributed by atoms with Crippen molar-refractivity contribution in [1.29, 1.82) is 0 Å². The lowest BCUT2D eigenvalue weighted by atomic mass is 10.2. The molecular weight excluding hydrogens is 266 g/mol. The number of aryl methyl sites for hydroxylation is 1. The molecule has 1 amide bonds. The maximum absolute atomic E-state index is 11.9. The molecule has 1 heterocycles. The number of nitrogens with one attached hydrogen (secondary N) is 1. The van der Waals surface area contributed by atoms with E-state index in [4.69, 9.17) is 11.6 Å². The van der Waals surface area contributed by atoms with Crippen molar-refractivity contribution in [2.75, 3.05) is 5.32 Å². The summed E-state index contributed by atoms with van der Waals surface area (Å²) in [6.45, 7) is 2.77. The van der Waals surface area contributed by atoms with Crippen molar-refractivity contribution in [3.63, 3.8) is 0 Å². The molecule has 7 heteroatoms. The van der Waals surface area contributed by atoms with Crippen LogP contribution < -0.4 is 5.32 Å². The van der Waals surface area contributed by atoms with Gasteiger partial charge in [0, 0.05) is 0 Å². The van der Waals surface area contributed by atoms with Crippen molar-refractivity contribution in [2.24, 2.45) is 0 Å². The van der Waals surface area contributed by atoms with Crippen molar-refractivity contribution < 1.29 is 4.79 Å². The number of amides is 1. The highest BCUT2D eigenvalue weighted by molar-refractivity contribution is 6.34. The van der Waals surface area contributed by atoms with Crippen LogP contribution in [-0.2, 0) is 6.54 Å². The first kappa shape index (κ1) is 13.5. The molecule has 0 saturated heterocycles. The molecule has 100 valence electrons. The number of benzene rings is 1. The Morgan fingerprint density at radius 2 is 2.21 bits per heavy atom. The maximum Gasteiger partial charge on any atom is 0.270 e. The fourth-order valence-electron chi connectivity index (χ4n) is 1.50. The van der Waals surface area contributed by atoms with Crippen LogP contribution in [0, 0.1) is 0 Å². The molecule has 0 radical (unpaired) electrons. The quantitative estimate of drug-likeness (QED) is 0.912. The van der Waals surface area contributed by atoms with Gasteiger partial charge in [-0.1, -0.05) is 42.2 Å². The van der Waals surface area contributed by atoms with E-state index in [0.29, 0.717) is 17.1 Å². The number of unbranched alkanes of at least 4 members (excludes halogenated alkanes) is 1. The summed E-state index contributed by atoms with van der Waals surface area (Å²) in [5.74, 6) is -0.165. The molecule has 6 nitrogen and oxygen atoms in total. The van der Waals surface area contributed by atoms with Crippen LogP contribution in [0.1, 0.15) is 30.1 Å². The minimum Gasteiger partial charge on any atom is -0.288 e. The molecule has 1 aromatic carbocycles. The molecular formula is C12H14ClN5O. The summed E-state index contributed by atoms with van der Waals surface area (Å²) >= 11 is 5.94. The van der Waals surface area contributed by atoms with Crippen LogP contribution in [-0.4, -0.2) is 26.1 Å². The van der Waals surface area contributed by atoms with E-state index in [-0.39, 0.29) is 11.9 Å². The van der Waals surface area contributed by atoms with E-state index < -0.39 is 0 Å². The summed E-state index contributed by atoms with van der Waals surface area (Å²) in [7, 11) is 0. The van der Waals surface area contributed by atoms with Crippen LogP contribution in [0.15, 0.2) is 24.3 Å². The maximum atomic E-state index is 11.9. The van der Waals surface area contributed by atoms with E-state index in [2.05, 4.69) is 27.7 Å². The molecule has 0 spiro atoms. The van der Waals surface area contributed by atoms with Gasteiger partial charge in [-0.3, -0.25) is 10.1 Å². The molecule has 0 unspecified atom stereocenters. The van der Waals surface area contributed by atoms with Crippen LogP contribution in [0.3, 0.4) is 0 Å². The Balaban J connectivity index is 2.03. The van der Waals surface area contributed by atoms with E-state index in [0.717, 1.165) is 12.8 Å². The minimum atomic E-state index is -0.347. The number of aromatic nitrogens is 4. The molecule has 19 heavy (non-hydrogen) atoms. The van der Waals surface area contributed by atoms with Crippen LogP contribution in [0.5, 0.6) is 0 Å². The smallest absolute Gasteiger partial charge is 0.270 e. The summed E-state index contributed by atoms with van der Waals surface area (Å²) in [5.41, 5.74) is 0.383. The van der Waals surface area contributed by atoms with Gasteiger partial charge in [0.15, 0.2) is 0 Å². The summed E-state index contributed by atoms with van der Waals surface area (Å²) in [6.07, 6.45) is 2.01. The Morgan fingerprint density at radius 1 is 1.42 bits per heavy atom. The topological polar surface area (TPSA) is 72.7 Å². The number of carbonyl (C=O) groups excluding carboxylic acids is 1. The van der Waals surface area contributed by atoms with Gasteiger partial charge in [-0.05, 0) is 23.8 Å². The van der Waals surface area contributed by atoms with Crippen molar-refractivity contribution >= 4 is 23.5 Å². The largest absolute Gasteiger partial charge is 0.288 e. The van der Waals surface area contributed by atoms with Crippen molar-refractivity contribution in [3.05, 3.63) is 34.9 Å². The Labute approximate surface area is 115 Å². The van der Waals surface area contributed by atoms with E-state index in [1.54, 1.807) is 24.3 Å². The monoisotopic (exact) mass is 279 g/mol. The molecule has 0 fully saturated rings. The number of rotatable bonds is 5. The van der Waals surface area contributed by atoms with Gasteiger partial charge in [0.05, 0.1) is 17.1 Å². The number of halogens is 1. The lowest BCUT2D eigenvalue weighted by Crippen LogP contribution is -2.13. The molecule has 0 bridgehead atoms. The van der Waals surface area contributed by atoms with Gasteiger partial charge in [0.25, 0.3) is 11.9 Å². The summed E-state index contributed by atoms with van der Waals surface area (Å²) < 4.78 is 0. The van der Waals surface area contributed by atoms with Gasteiger partial charge < -0.3 is 0 Å². The highest BCUT2D eigenvalue weighted by Crippen LogP contribution is 2.15. The fourth-order valence-corrected chi connectivity index (χ4v) is 1.72. The minimum absolute atomic E-state index is 0.182.